The standard InChI is InChI=1S/C21H44NO4P/c1-5-9-11-13-15-17-19-25-27(24,21(23)22(7-3)8-4)26-20-18-16-14-12-10-6-2/h5-20H2,1-4H3. The van der Waals surface area contributed by atoms with Crippen molar-refractivity contribution in [2.75, 3.05) is 26.3 Å². The molecule has 6 heteroatoms. The van der Waals surface area contributed by atoms with Crippen LogP contribution < -0.4 is 0 Å². The summed E-state index contributed by atoms with van der Waals surface area (Å²) < 4.78 is 24.2. The third-order valence-corrected chi connectivity index (χ3v) is 6.58. The van der Waals surface area contributed by atoms with Crippen molar-refractivity contribution in [2.24, 2.45) is 0 Å². The number of nitrogens with zero attached hydrogens (tertiary/aromatic N) is 1. The Morgan fingerprint density at radius 1 is 0.667 bits per heavy atom. The van der Waals surface area contributed by atoms with Crippen LogP contribution in [0.4, 0.5) is 4.79 Å². The molecule has 162 valence electrons. The first kappa shape index (κ1) is 26.6. The van der Waals surface area contributed by atoms with Crippen LogP contribution in [-0.4, -0.2) is 36.9 Å². The van der Waals surface area contributed by atoms with Crippen molar-refractivity contribution in [3.63, 3.8) is 0 Å². The summed E-state index contributed by atoms with van der Waals surface area (Å²) in [5, 5.41) is 0. The van der Waals surface area contributed by atoms with Crippen LogP contribution in [0.25, 0.3) is 0 Å². The highest BCUT2D eigenvalue weighted by atomic mass is 31.2. The molecular formula is C21H44NO4P. The van der Waals surface area contributed by atoms with E-state index >= 15 is 0 Å². The van der Waals surface area contributed by atoms with Gasteiger partial charge in [0.15, 0.2) is 0 Å². The van der Waals surface area contributed by atoms with Gasteiger partial charge in [-0.25, -0.2) is 4.57 Å². The number of unbranched alkanes of at least 4 members (excludes halogenated alkanes) is 10. The summed E-state index contributed by atoms with van der Waals surface area (Å²) in [7, 11) is -3.74. The van der Waals surface area contributed by atoms with Crippen LogP contribution in [0.3, 0.4) is 0 Å². The molecule has 0 saturated carbocycles. The van der Waals surface area contributed by atoms with E-state index in [1.807, 2.05) is 13.8 Å². The van der Waals surface area contributed by atoms with Crippen molar-refractivity contribution in [3.05, 3.63) is 0 Å². The van der Waals surface area contributed by atoms with Gasteiger partial charge in [0.05, 0.1) is 13.2 Å². The first-order chi connectivity index (χ1) is 13.1. The molecule has 0 aromatic carbocycles. The second-order valence-corrected chi connectivity index (χ2v) is 9.05. The number of carbonyl (C=O) groups is 1. The minimum atomic E-state index is -3.74. The van der Waals surface area contributed by atoms with Crippen molar-refractivity contribution < 1.29 is 18.4 Å². The molecule has 0 aliphatic heterocycles. The Balaban J connectivity index is 4.41. The largest absolute Gasteiger partial charge is 0.418 e. The fourth-order valence-electron chi connectivity index (χ4n) is 2.95. The predicted molar refractivity (Wildman–Crippen MR) is 115 cm³/mol. The summed E-state index contributed by atoms with van der Waals surface area (Å²) in [6.45, 7) is 9.83. The van der Waals surface area contributed by atoms with Gasteiger partial charge in [-0.1, -0.05) is 78.1 Å². The first-order valence-electron chi connectivity index (χ1n) is 11.2. The SMILES string of the molecule is CCCCCCCCOP(=O)(OCCCCCCCC)C(=O)N(CC)CC. The van der Waals surface area contributed by atoms with Gasteiger partial charge >= 0.3 is 13.2 Å². The second-order valence-electron chi connectivity index (χ2n) is 7.15. The summed E-state index contributed by atoms with van der Waals surface area (Å²) >= 11 is 0. The van der Waals surface area contributed by atoms with Crippen LogP contribution in [0.15, 0.2) is 0 Å². The second kappa shape index (κ2) is 17.7. The number of rotatable bonds is 19. The zero-order valence-corrected chi connectivity index (χ0v) is 19.2. The van der Waals surface area contributed by atoms with Gasteiger partial charge in [-0.15, -0.1) is 0 Å². The van der Waals surface area contributed by atoms with E-state index in [0.717, 1.165) is 38.5 Å². The number of hydrogen-bond donors (Lipinski definition) is 0. The molecule has 0 unspecified atom stereocenters. The topological polar surface area (TPSA) is 55.8 Å². The summed E-state index contributed by atoms with van der Waals surface area (Å²) in [5.41, 5.74) is -0.482. The Morgan fingerprint density at radius 2 is 1.04 bits per heavy atom. The van der Waals surface area contributed by atoms with Crippen molar-refractivity contribution >= 4 is 13.2 Å². The van der Waals surface area contributed by atoms with Crippen molar-refractivity contribution in [3.8, 4) is 0 Å². The predicted octanol–water partition coefficient (Wildman–Crippen LogP) is 7.40. The zero-order chi connectivity index (χ0) is 20.4. The van der Waals surface area contributed by atoms with Crippen LogP contribution in [0, 0.1) is 0 Å². The molecule has 27 heavy (non-hydrogen) atoms. The summed E-state index contributed by atoms with van der Waals surface area (Å²) in [4.78, 5) is 14.2. The maximum absolute atomic E-state index is 13.1. The maximum atomic E-state index is 13.1. The van der Waals surface area contributed by atoms with E-state index in [9.17, 15) is 9.36 Å². The van der Waals surface area contributed by atoms with Gasteiger partial charge < -0.3 is 13.9 Å². The molecule has 0 aromatic rings. The van der Waals surface area contributed by atoms with Gasteiger partial charge in [-0.2, -0.15) is 0 Å². The molecule has 0 bridgehead atoms. The minimum absolute atomic E-state index is 0.326. The van der Waals surface area contributed by atoms with Gasteiger partial charge in [0.25, 0.3) is 0 Å². The van der Waals surface area contributed by atoms with Gasteiger partial charge in [0, 0.05) is 13.1 Å². The highest BCUT2D eigenvalue weighted by Crippen LogP contribution is 2.51. The first-order valence-corrected chi connectivity index (χ1v) is 12.8. The van der Waals surface area contributed by atoms with E-state index in [1.54, 1.807) is 4.90 Å². The van der Waals surface area contributed by atoms with Crippen molar-refractivity contribution in [2.45, 2.75) is 105 Å². The molecule has 1 amide bonds. The quantitative estimate of drug-likeness (QED) is 0.166. The highest BCUT2D eigenvalue weighted by molar-refractivity contribution is 7.71. The number of amides is 1. The lowest BCUT2D eigenvalue weighted by molar-refractivity contribution is 0.177. The molecule has 0 aromatic heterocycles. The average Bonchev–Trinajstić information content (AvgIpc) is 2.67. The molecule has 0 fully saturated rings. The van der Waals surface area contributed by atoms with Gasteiger partial charge in [0.1, 0.15) is 0 Å². The Morgan fingerprint density at radius 3 is 1.41 bits per heavy atom. The van der Waals surface area contributed by atoms with E-state index in [0.29, 0.717) is 26.3 Å². The lowest BCUT2D eigenvalue weighted by Crippen LogP contribution is -2.30. The highest BCUT2D eigenvalue weighted by Gasteiger charge is 2.37. The molecule has 0 spiro atoms. The lowest BCUT2D eigenvalue weighted by atomic mass is 10.1. The molecule has 5 nitrogen and oxygen atoms in total. The average molecular weight is 406 g/mol. The maximum Gasteiger partial charge on any atom is 0.418 e. The molecule has 0 aliphatic carbocycles. The Hall–Kier alpha value is -0.380. The van der Waals surface area contributed by atoms with Crippen LogP contribution in [0.5, 0.6) is 0 Å². The van der Waals surface area contributed by atoms with E-state index < -0.39 is 13.2 Å². The summed E-state index contributed by atoms with van der Waals surface area (Å²) in [6.07, 6.45) is 13.4. The molecule has 0 atom stereocenters. The zero-order valence-electron chi connectivity index (χ0n) is 18.3. The normalized spacial score (nSPS) is 11.7. The van der Waals surface area contributed by atoms with Crippen LogP contribution in [-0.2, 0) is 13.6 Å². The molecule has 0 saturated heterocycles. The van der Waals surface area contributed by atoms with Gasteiger partial charge in [0.2, 0.25) is 0 Å². The van der Waals surface area contributed by atoms with E-state index in [-0.39, 0.29) is 0 Å². The summed E-state index contributed by atoms with van der Waals surface area (Å²) in [5.74, 6) is 0. The summed E-state index contributed by atoms with van der Waals surface area (Å²) in [6, 6.07) is 0. The minimum Gasteiger partial charge on any atom is -0.333 e. The lowest BCUT2D eigenvalue weighted by Gasteiger charge is -2.24. The fraction of sp³-hybridized carbons (Fsp3) is 0.952. The monoisotopic (exact) mass is 405 g/mol. The molecule has 0 rings (SSSR count). The molecule has 0 heterocycles. The van der Waals surface area contributed by atoms with E-state index in [4.69, 9.17) is 9.05 Å². The number of carbonyl (C=O) groups excluding carboxylic acids is 1. The number of hydrogen-bond acceptors (Lipinski definition) is 4. The van der Waals surface area contributed by atoms with E-state index in [2.05, 4.69) is 13.8 Å². The smallest absolute Gasteiger partial charge is 0.333 e. The van der Waals surface area contributed by atoms with Crippen molar-refractivity contribution in [1.29, 1.82) is 0 Å². The van der Waals surface area contributed by atoms with Crippen LogP contribution in [0.2, 0.25) is 0 Å². The Kier molecular flexibility index (Phi) is 17.5. The van der Waals surface area contributed by atoms with Gasteiger partial charge in [-0.05, 0) is 26.7 Å². The Bertz CT molecular complexity index is 378. The van der Waals surface area contributed by atoms with Crippen LogP contribution >= 0.6 is 7.60 Å². The third-order valence-electron chi connectivity index (χ3n) is 4.79. The molecule has 0 N–H and O–H groups in total. The van der Waals surface area contributed by atoms with Crippen LogP contribution in [0.1, 0.15) is 105 Å². The third kappa shape index (κ3) is 12.6. The Labute approximate surface area is 168 Å². The molecular weight excluding hydrogens is 361 g/mol. The van der Waals surface area contributed by atoms with Gasteiger partial charge in [-0.3, -0.25) is 4.79 Å². The van der Waals surface area contributed by atoms with E-state index in [1.165, 1.54) is 38.5 Å². The fourth-order valence-corrected chi connectivity index (χ4v) is 4.61. The molecule has 0 radical (unpaired) electrons. The molecule has 0 aliphatic rings. The van der Waals surface area contributed by atoms with Crippen molar-refractivity contribution in [1.82, 2.24) is 4.90 Å².